The van der Waals surface area contributed by atoms with E-state index in [0.29, 0.717) is 0 Å². The van der Waals surface area contributed by atoms with Gasteiger partial charge in [0.25, 0.3) is 0 Å². The first-order valence-electron chi connectivity index (χ1n) is 6.59. The molecule has 0 aliphatic heterocycles. The monoisotopic (exact) mass is 263 g/mol. The minimum atomic E-state index is 0.0855. The smallest absolute Gasteiger partial charge is 0.159 e. The first-order chi connectivity index (χ1) is 8.73. The highest BCUT2D eigenvalue weighted by molar-refractivity contribution is 5.94. The summed E-state index contributed by atoms with van der Waals surface area (Å²) in [7, 11) is 3.75. The molecule has 19 heavy (non-hydrogen) atoms. The van der Waals surface area contributed by atoms with Gasteiger partial charge >= 0.3 is 0 Å². The van der Waals surface area contributed by atoms with Crippen molar-refractivity contribution >= 4 is 5.78 Å². The minimum Gasteiger partial charge on any atom is -0.496 e. The molecule has 0 saturated carbocycles. The number of Topliss-reactive ketones (excluding diaryl/α,β-unsaturated/α-hetero) is 1. The zero-order chi connectivity index (χ0) is 14.6. The van der Waals surface area contributed by atoms with E-state index in [1.54, 1.807) is 14.0 Å². The molecule has 0 N–H and O–H groups in total. The van der Waals surface area contributed by atoms with Gasteiger partial charge in [-0.05, 0) is 37.6 Å². The lowest BCUT2D eigenvalue weighted by molar-refractivity contribution is 0.101. The van der Waals surface area contributed by atoms with Crippen LogP contribution >= 0.6 is 0 Å². The second-order valence-electron chi connectivity index (χ2n) is 6.32. The van der Waals surface area contributed by atoms with Crippen molar-refractivity contribution in [2.75, 3.05) is 20.7 Å². The number of nitrogens with zero attached hydrogens (tertiary/aromatic N) is 1. The zero-order valence-electron chi connectivity index (χ0n) is 12.9. The van der Waals surface area contributed by atoms with Gasteiger partial charge in [0.2, 0.25) is 0 Å². The number of rotatable bonds is 5. The number of ether oxygens (including phenoxy) is 1. The van der Waals surface area contributed by atoms with Crippen LogP contribution in [0.15, 0.2) is 18.2 Å². The van der Waals surface area contributed by atoms with E-state index in [0.717, 1.165) is 30.0 Å². The van der Waals surface area contributed by atoms with Gasteiger partial charge in [0, 0.05) is 24.2 Å². The summed E-state index contributed by atoms with van der Waals surface area (Å²) in [6, 6.07) is 5.62. The zero-order valence-corrected chi connectivity index (χ0v) is 12.9. The fourth-order valence-corrected chi connectivity index (χ4v) is 2.28. The maximum atomic E-state index is 11.5. The number of hydrogen-bond donors (Lipinski definition) is 0. The van der Waals surface area contributed by atoms with E-state index in [4.69, 9.17) is 4.74 Å². The Hall–Kier alpha value is -1.35. The fraction of sp³-hybridized carbons (Fsp3) is 0.562. The van der Waals surface area contributed by atoms with Crippen molar-refractivity contribution < 1.29 is 9.53 Å². The largest absolute Gasteiger partial charge is 0.496 e. The molecule has 1 rings (SSSR count). The first kappa shape index (κ1) is 15.7. The second-order valence-corrected chi connectivity index (χ2v) is 6.32. The molecule has 0 aliphatic carbocycles. The lowest BCUT2D eigenvalue weighted by Crippen LogP contribution is -2.29. The molecule has 0 aromatic heterocycles. The van der Waals surface area contributed by atoms with Gasteiger partial charge in [-0.2, -0.15) is 0 Å². The molecule has 0 fully saturated rings. The van der Waals surface area contributed by atoms with Gasteiger partial charge in [0.05, 0.1) is 7.11 Å². The lowest BCUT2D eigenvalue weighted by Gasteiger charge is -2.27. The molecule has 0 bridgehead atoms. The molecular formula is C16H25NO2. The number of methoxy groups -OCH3 is 1. The van der Waals surface area contributed by atoms with Gasteiger partial charge in [0.1, 0.15) is 5.75 Å². The SMILES string of the molecule is COc1ccc(C(C)=O)cc1CN(C)CC(C)(C)C. The van der Waals surface area contributed by atoms with Crippen molar-refractivity contribution in [3.05, 3.63) is 29.3 Å². The number of carbonyl (C=O) groups excluding carboxylic acids is 1. The van der Waals surface area contributed by atoms with Crippen LogP contribution in [-0.4, -0.2) is 31.4 Å². The van der Waals surface area contributed by atoms with Crippen LogP contribution in [0.1, 0.15) is 43.6 Å². The van der Waals surface area contributed by atoms with E-state index >= 15 is 0 Å². The maximum absolute atomic E-state index is 11.5. The van der Waals surface area contributed by atoms with Crippen molar-refractivity contribution in [1.82, 2.24) is 4.90 Å². The van der Waals surface area contributed by atoms with E-state index < -0.39 is 0 Å². The highest BCUT2D eigenvalue weighted by Crippen LogP contribution is 2.23. The summed E-state index contributed by atoms with van der Waals surface area (Å²) in [5.41, 5.74) is 2.04. The Labute approximate surface area is 116 Å². The minimum absolute atomic E-state index is 0.0855. The Morgan fingerprint density at radius 2 is 1.95 bits per heavy atom. The Kier molecular flexibility index (Phi) is 5.12. The van der Waals surface area contributed by atoms with Gasteiger partial charge in [0.15, 0.2) is 5.78 Å². The quantitative estimate of drug-likeness (QED) is 0.763. The van der Waals surface area contributed by atoms with E-state index in [1.165, 1.54) is 0 Å². The van der Waals surface area contributed by atoms with Crippen LogP contribution in [0.3, 0.4) is 0 Å². The molecule has 1 aromatic rings. The molecule has 1 aromatic carbocycles. The molecule has 0 aliphatic rings. The third-order valence-corrected chi connectivity index (χ3v) is 2.87. The third kappa shape index (κ3) is 5.03. The third-order valence-electron chi connectivity index (χ3n) is 2.87. The van der Waals surface area contributed by atoms with Crippen molar-refractivity contribution in [3.8, 4) is 5.75 Å². The van der Waals surface area contributed by atoms with Crippen molar-refractivity contribution in [2.24, 2.45) is 5.41 Å². The van der Waals surface area contributed by atoms with E-state index in [2.05, 4.69) is 32.7 Å². The molecule has 0 saturated heterocycles. The fourth-order valence-electron chi connectivity index (χ4n) is 2.28. The van der Waals surface area contributed by atoms with Crippen LogP contribution in [0.4, 0.5) is 0 Å². The Morgan fingerprint density at radius 3 is 2.42 bits per heavy atom. The molecule has 0 spiro atoms. The van der Waals surface area contributed by atoms with Gasteiger partial charge < -0.3 is 9.64 Å². The lowest BCUT2D eigenvalue weighted by atomic mass is 9.96. The molecule has 0 atom stereocenters. The van der Waals surface area contributed by atoms with Gasteiger partial charge in [-0.3, -0.25) is 4.79 Å². The molecule has 0 heterocycles. The standard InChI is InChI=1S/C16H25NO2/c1-12(18)13-7-8-15(19-6)14(9-13)10-17(5)11-16(2,3)4/h7-9H,10-11H2,1-6H3. The van der Waals surface area contributed by atoms with Crippen LogP contribution in [0, 0.1) is 5.41 Å². The van der Waals surface area contributed by atoms with Gasteiger partial charge in [-0.1, -0.05) is 20.8 Å². The predicted molar refractivity (Wildman–Crippen MR) is 78.8 cm³/mol. The normalized spacial score (nSPS) is 11.7. The van der Waals surface area contributed by atoms with Crippen LogP contribution in [0.25, 0.3) is 0 Å². The summed E-state index contributed by atoms with van der Waals surface area (Å²) < 4.78 is 5.37. The summed E-state index contributed by atoms with van der Waals surface area (Å²) in [6.45, 7) is 10.00. The molecule has 0 radical (unpaired) electrons. The van der Waals surface area contributed by atoms with E-state index in [1.807, 2.05) is 18.2 Å². The predicted octanol–water partition coefficient (Wildman–Crippen LogP) is 3.38. The molecule has 106 valence electrons. The number of carbonyl (C=O) groups is 1. The summed E-state index contributed by atoms with van der Waals surface area (Å²) in [5.74, 6) is 0.924. The molecular weight excluding hydrogens is 238 g/mol. The Balaban J connectivity index is 2.91. The van der Waals surface area contributed by atoms with E-state index in [-0.39, 0.29) is 11.2 Å². The Bertz CT molecular complexity index is 447. The number of ketones is 1. The highest BCUT2D eigenvalue weighted by atomic mass is 16.5. The van der Waals surface area contributed by atoms with Crippen molar-refractivity contribution in [2.45, 2.75) is 34.2 Å². The maximum Gasteiger partial charge on any atom is 0.159 e. The van der Waals surface area contributed by atoms with Crippen molar-refractivity contribution in [3.63, 3.8) is 0 Å². The molecule has 0 amide bonds. The average molecular weight is 263 g/mol. The first-order valence-corrected chi connectivity index (χ1v) is 6.59. The second kappa shape index (κ2) is 6.20. The van der Waals surface area contributed by atoms with Crippen LogP contribution in [-0.2, 0) is 6.54 Å². The topological polar surface area (TPSA) is 29.5 Å². The van der Waals surface area contributed by atoms with Crippen molar-refractivity contribution in [1.29, 1.82) is 0 Å². The van der Waals surface area contributed by atoms with Crippen LogP contribution in [0.2, 0.25) is 0 Å². The average Bonchev–Trinajstić information content (AvgIpc) is 2.26. The summed E-state index contributed by atoms with van der Waals surface area (Å²) >= 11 is 0. The highest BCUT2D eigenvalue weighted by Gasteiger charge is 2.15. The molecule has 3 nitrogen and oxygen atoms in total. The van der Waals surface area contributed by atoms with E-state index in [9.17, 15) is 4.79 Å². The van der Waals surface area contributed by atoms with Crippen LogP contribution in [0.5, 0.6) is 5.75 Å². The van der Waals surface area contributed by atoms with Crippen LogP contribution < -0.4 is 4.74 Å². The van der Waals surface area contributed by atoms with Gasteiger partial charge in [-0.15, -0.1) is 0 Å². The Morgan fingerprint density at radius 1 is 1.32 bits per heavy atom. The summed E-state index contributed by atoms with van der Waals surface area (Å²) in [5, 5.41) is 0. The summed E-state index contributed by atoms with van der Waals surface area (Å²) in [6.07, 6.45) is 0. The molecule has 3 heteroatoms. The molecule has 0 unspecified atom stereocenters. The summed E-state index contributed by atoms with van der Waals surface area (Å²) in [4.78, 5) is 13.7. The number of benzene rings is 1. The number of hydrogen-bond acceptors (Lipinski definition) is 3. The van der Waals surface area contributed by atoms with Gasteiger partial charge in [-0.25, -0.2) is 0 Å².